The highest BCUT2D eigenvalue weighted by molar-refractivity contribution is 6.35. The van der Waals surface area contributed by atoms with Gasteiger partial charge in [-0.15, -0.1) is 0 Å². The van der Waals surface area contributed by atoms with Gasteiger partial charge < -0.3 is 16.0 Å². The number of amides is 2. The average Bonchev–Trinajstić information content (AvgIpc) is 2.85. The number of aromatic amines is 1. The quantitative estimate of drug-likeness (QED) is 0.744. The van der Waals surface area contributed by atoms with E-state index < -0.39 is 5.91 Å². The van der Waals surface area contributed by atoms with Crippen molar-refractivity contribution in [2.45, 2.75) is 25.8 Å². The van der Waals surface area contributed by atoms with Gasteiger partial charge in [-0.2, -0.15) is 5.10 Å². The maximum absolute atomic E-state index is 12.0. The second-order valence-electron chi connectivity index (χ2n) is 4.51. The number of likely N-dealkylation sites (tertiary alicyclic amines) is 1. The van der Waals surface area contributed by atoms with Gasteiger partial charge in [0.2, 0.25) is 5.91 Å². The normalized spacial score (nSPS) is 18.9. The molecule has 1 aromatic heterocycles. The maximum Gasteiger partial charge on any atom is 0.271 e. The number of rotatable bonds is 4. The molecule has 1 aliphatic rings. The van der Waals surface area contributed by atoms with Crippen LogP contribution in [0.15, 0.2) is 0 Å². The molecule has 0 spiro atoms. The number of nitrogens with two attached hydrogens (primary N) is 1. The molecule has 1 aliphatic heterocycles. The Bertz CT molecular complexity index is 501. The number of carbonyl (C=O) groups excluding carboxylic acids is 2. The first kappa shape index (κ1) is 13.7. The summed E-state index contributed by atoms with van der Waals surface area (Å²) < 4.78 is 0. The van der Waals surface area contributed by atoms with Crippen molar-refractivity contribution in [2.75, 3.05) is 18.8 Å². The summed E-state index contributed by atoms with van der Waals surface area (Å²) >= 11 is 5.84. The first-order valence-corrected chi connectivity index (χ1v) is 6.48. The largest absolute Gasteiger partial charge is 0.381 e. The number of anilines is 1. The maximum atomic E-state index is 12.0. The van der Waals surface area contributed by atoms with Gasteiger partial charge in [0.1, 0.15) is 10.7 Å². The first-order chi connectivity index (χ1) is 9.02. The number of nitrogens with one attached hydrogen (secondary N) is 2. The molecule has 0 radical (unpaired) electrons. The fourth-order valence-electron chi connectivity index (χ4n) is 2.11. The molecule has 7 nitrogen and oxygen atoms in total. The summed E-state index contributed by atoms with van der Waals surface area (Å²) in [6, 6.07) is -0.202. The van der Waals surface area contributed by atoms with Crippen LogP contribution in [0.25, 0.3) is 0 Å². The smallest absolute Gasteiger partial charge is 0.271 e. The molecule has 19 heavy (non-hydrogen) atoms. The predicted molar refractivity (Wildman–Crippen MR) is 70.8 cm³/mol. The molecule has 1 saturated heterocycles. The molecule has 0 bridgehead atoms. The zero-order valence-electron chi connectivity index (χ0n) is 10.6. The summed E-state index contributed by atoms with van der Waals surface area (Å²) in [5.74, 6) is -0.255. The van der Waals surface area contributed by atoms with Gasteiger partial charge in [-0.05, 0) is 6.42 Å². The van der Waals surface area contributed by atoms with Crippen LogP contribution >= 0.6 is 11.6 Å². The van der Waals surface area contributed by atoms with E-state index in [1.165, 1.54) is 0 Å². The van der Waals surface area contributed by atoms with Gasteiger partial charge in [0.05, 0.1) is 6.04 Å². The van der Waals surface area contributed by atoms with Crippen molar-refractivity contribution in [3.05, 3.63) is 10.7 Å². The Balaban J connectivity index is 1.97. The van der Waals surface area contributed by atoms with Crippen LogP contribution in [-0.4, -0.2) is 46.0 Å². The molecule has 2 heterocycles. The summed E-state index contributed by atoms with van der Waals surface area (Å²) in [6.45, 7) is 3.24. The monoisotopic (exact) mass is 285 g/mol. The van der Waals surface area contributed by atoms with Crippen molar-refractivity contribution in [3.63, 3.8) is 0 Å². The van der Waals surface area contributed by atoms with E-state index in [2.05, 4.69) is 15.5 Å². The number of carbonyl (C=O) groups is 2. The summed E-state index contributed by atoms with van der Waals surface area (Å²) in [4.78, 5) is 25.4. The molecule has 2 rings (SSSR count). The van der Waals surface area contributed by atoms with Crippen molar-refractivity contribution in [2.24, 2.45) is 0 Å². The van der Waals surface area contributed by atoms with Gasteiger partial charge >= 0.3 is 0 Å². The standard InChI is InChI=1S/C11H16ClN5O2/c1-2-3-17-5-6(4-7(17)18)14-11(19)9-8(12)10(13)16-15-9/h6H,2-5H2,1H3,(H,14,19)(H3,13,15,16). The number of aromatic nitrogens is 2. The van der Waals surface area contributed by atoms with Crippen molar-refractivity contribution in [3.8, 4) is 0 Å². The summed E-state index contributed by atoms with van der Waals surface area (Å²) in [7, 11) is 0. The number of nitrogen functional groups attached to an aromatic ring is 1. The highest BCUT2D eigenvalue weighted by atomic mass is 35.5. The van der Waals surface area contributed by atoms with E-state index in [-0.39, 0.29) is 28.5 Å². The lowest BCUT2D eigenvalue weighted by atomic mass is 10.2. The fourth-order valence-corrected chi connectivity index (χ4v) is 2.28. The van der Waals surface area contributed by atoms with Gasteiger partial charge in [0.15, 0.2) is 5.82 Å². The van der Waals surface area contributed by atoms with Gasteiger partial charge in [-0.1, -0.05) is 18.5 Å². The van der Waals surface area contributed by atoms with Crippen LogP contribution in [0.2, 0.25) is 5.02 Å². The Morgan fingerprint density at radius 1 is 1.68 bits per heavy atom. The van der Waals surface area contributed by atoms with Crippen LogP contribution in [0, 0.1) is 0 Å². The Labute approximate surface area is 115 Å². The van der Waals surface area contributed by atoms with E-state index >= 15 is 0 Å². The minimum absolute atomic E-state index is 0.0578. The third-order valence-electron chi connectivity index (χ3n) is 3.00. The number of halogens is 1. The SMILES string of the molecule is CCCN1CC(NC(=O)c2[nH]nc(N)c2Cl)CC1=O. The molecule has 0 aromatic carbocycles. The summed E-state index contributed by atoms with van der Waals surface area (Å²) in [5.41, 5.74) is 5.58. The minimum Gasteiger partial charge on any atom is -0.381 e. The molecule has 1 aromatic rings. The molecule has 0 saturated carbocycles. The molecule has 1 fully saturated rings. The predicted octanol–water partition coefficient (Wildman–Crippen LogP) is 0.386. The summed E-state index contributed by atoms with van der Waals surface area (Å²) in [5, 5.41) is 8.99. The lowest BCUT2D eigenvalue weighted by Gasteiger charge is -2.15. The first-order valence-electron chi connectivity index (χ1n) is 6.11. The van der Waals surface area contributed by atoms with Crippen LogP contribution in [0.1, 0.15) is 30.3 Å². The fraction of sp³-hybridized carbons (Fsp3) is 0.545. The number of nitrogens with zero attached hydrogens (tertiary/aromatic N) is 2. The third-order valence-corrected chi connectivity index (χ3v) is 3.39. The van der Waals surface area contributed by atoms with Crippen LogP contribution in [0.3, 0.4) is 0 Å². The molecular weight excluding hydrogens is 270 g/mol. The van der Waals surface area contributed by atoms with Gasteiger partial charge in [-0.3, -0.25) is 14.7 Å². The van der Waals surface area contributed by atoms with Crippen LogP contribution in [0.4, 0.5) is 5.82 Å². The van der Waals surface area contributed by atoms with E-state index in [9.17, 15) is 9.59 Å². The second-order valence-corrected chi connectivity index (χ2v) is 4.89. The Morgan fingerprint density at radius 3 is 3.00 bits per heavy atom. The molecule has 8 heteroatoms. The second kappa shape index (κ2) is 5.48. The summed E-state index contributed by atoms with van der Waals surface area (Å²) in [6.07, 6.45) is 1.21. The molecular formula is C11H16ClN5O2. The zero-order chi connectivity index (χ0) is 14.0. The van der Waals surface area contributed by atoms with Gasteiger partial charge in [0, 0.05) is 19.5 Å². The lowest BCUT2D eigenvalue weighted by Crippen LogP contribution is -2.37. The van der Waals surface area contributed by atoms with Crippen molar-refractivity contribution in [1.82, 2.24) is 20.4 Å². The number of H-pyrrole nitrogens is 1. The van der Waals surface area contributed by atoms with Crippen LogP contribution in [0.5, 0.6) is 0 Å². The van der Waals surface area contributed by atoms with E-state index in [1.54, 1.807) is 4.90 Å². The third kappa shape index (κ3) is 2.81. The highest BCUT2D eigenvalue weighted by Gasteiger charge is 2.30. The highest BCUT2D eigenvalue weighted by Crippen LogP contribution is 2.20. The number of hydrogen-bond donors (Lipinski definition) is 3. The van der Waals surface area contributed by atoms with Gasteiger partial charge in [0.25, 0.3) is 5.91 Å². The molecule has 1 unspecified atom stereocenters. The molecule has 104 valence electrons. The van der Waals surface area contributed by atoms with E-state index in [0.29, 0.717) is 19.5 Å². The molecule has 4 N–H and O–H groups in total. The topological polar surface area (TPSA) is 104 Å². The van der Waals surface area contributed by atoms with E-state index in [4.69, 9.17) is 17.3 Å². The molecule has 0 aliphatic carbocycles. The molecule has 1 atom stereocenters. The zero-order valence-corrected chi connectivity index (χ0v) is 11.3. The molecule has 2 amide bonds. The van der Waals surface area contributed by atoms with Crippen molar-refractivity contribution >= 4 is 29.2 Å². The average molecular weight is 286 g/mol. The Hall–Kier alpha value is -1.76. The Morgan fingerprint density at radius 2 is 2.42 bits per heavy atom. The number of hydrogen-bond acceptors (Lipinski definition) is 4. The van der Waals surface area contributed by atoms with Crippen molar-refractivity contribution < 1.29 is 9.59 Å². The van der Waals surface area contributed by atoms with E-state index in [1.807, 2.05) is 6.92 Å². The van der Waals surface area contributed by atoms with Gasteiger partial charge in [-0.25, -0.2) is 0 Å². The Kier molecular flexibility index (Phi) is 3.94. The van der Waals surface area contributed by atoms with Crippen LogP contribution < -0.4 is 11.1 Å². The van der Waals surface area contributed by atoms with E-state index in [0.717, 1.165) is 6.42 Å². The minimum atomic E-state index is -0.398. The van der Waals surface area contributed by atoms with Crippen molar-refractivity contribution in [1.29, 1.82) is 0 Å². The van der Waals surface area contributed by atoms with Crippen LogP contribution in [-0.2, 0) is 4.79 Å². The lowest BCUT2D eigenvalue weighted by molar-refractivity contribution is -0.127.